The van der Waals surface area contributed by atoms with E-state index in [1.54, 1.807) is 6.92 Å². The molecule has 6 nitrogen and oxygen atoms in total. The van der Waals surface area contributed by atoms with E-state index >= 15 is 0 Å². The first-order valence-corrected chi connectivity index (χ1v) is 5.94. The summed E-state index contributed by atoms with van der Waals surface area (Å²) in [7, 11) is -4.49. The Labute approximate surface area is 97.8 Å². The van der Waals surface area contributed by atoms with E-state index in [0.717, 1.165) is 6.07 Å². The molecule has 0 spiro atoms. The number of thiocarbonyl (C=S) groups is 1. The average Bonchev–Trinajstić information content (AvgIpc) is 2.07. The fraction of sp³-hybridized carbons (Fsp3) is 0.125. The van der Waals surface area contributed by atoms with Crippen molar-refractivity contribution in [2.75, 3.05) is 5.32 Å². The summed E-state index contributed by atoms with van der Waals surface area (Å²) in [6, 6.07) is 2.58. The Morgan fingerprint density at radius 1 is 1.50 bits per heavy atom. The van der Waals surface area contributed by atoms with Gasteiger partial charge in [-0.2, -0.15) is 8.42 Å². The lowest BCUT2D eigenvalue weighted by atomic mass is 10.2. The van der Waals surface area contributed by atoms with Crippen LogP contribution in [0.25, 0.3) is 0 Å². The van der Waals surface area contributed by atoms with Gasteiger partial charge in [-0.25, -0.2) is 0 Å². The number of nitrogens with one attached hydrogen (secondary N) is 1. The lowest BCUT2D eigenvalue weighted by molar-refractivity contribution is 0.445. The summed E-state index contributed by atoms with van der Waals surface area (Å²) in [5, 5.41) is 11.9. The molecular weight excluding hydrogens is 252 g/mol. The molecule has 0 aromatic heterocycles. The molecule has 0 fully saturated rings. The summed E-state index contributed by atoms with van der Waals surface area (Å²) in [5.41, 5.74) is 5.75. The van der Waals surface area contributed by atoms with Gasteiger partial charge in [0, 0.05) is 0 Å². The number of hydrogen-bond acceptors (Lipinski definition) is 4. The molecule has 0 aliphatic heterocycles. The molecule has 0 atom stereocenters. The minimum Gasteiger partial charge on any atom is -0.504 e. The Balaban J connectivity index is 3.44. The maximum Gasteiger partial charge on any atom is 0.298 e. The van der Waals surface area contributed by atoms with Crippen LogP contribution in [0.3, 0.4) is 0 Å². The Hall–Kier alpha value is -1.38. The van der Waals surface area contributed by atoms with Crippen LogP contribution in [-0.4, -0.2) is 23.2 Å². The van der Waals surface area contributed by atoms with E-state index in [2.05, 4.69) is 17.5 Å². The summed E-state index contributed by atoms with van der Waals surface area (Å²) in [5.74, 6) is -0.624. The van der Waals surface area contributed by atoms with Gasteiger partial charge in [-0.1, -0.05) is 0 Å². The molecule has 1 aromatic rings. The van der Waals surface area contributed by atoms with Gasteiger partial charge in [-0.3, -0.25) is 4.55 Å². The van der Waals surface area contributed by atoms with E-state index in [4.69, 9.17) is 10.3 Å². The van der Waals surface area contributed by atoms with Gasteiger partial charge in [-0.05, 0) is 36.8 Å². The monoisotopic (exact) mass is 262 g/mol. The molecule has 1 rings (SSSR count). The maximum atomic E-state index is 10.9. The number of rotatable bonds is 2. The zero-order chi connectivity index (χ0) is 12.5. The first kappa shape index (κ1) is 12.7. The van der Waals surface area contributed by atoms with Crippen molar-refractivity contribution in [1.29, 1.82) is 0 Å². The van der Waals surface area contributed by atoms with Crippen LogP contribution in [0.2, 0.25) is 0 Å². The number of phenolic OH excluding ortho intramolecular Hbond substituents is 1. The number of anilines is 1. The summed E-state index contributed by atoms with van der Waals surface area (Å²) >= 11 is 4.56. The highest BCUT2D eigenvalue weighted by Crippen LogP contribution is 2.32. The SMILES string of the molecule is Cc1cc(NC(N)=S)c(O)c(S(=O)(=O)O)c1. The topological polar surface area (TPSA) is 113 Å². The molecular formula is C8H10N2O4S2. The van der Waals surface area contributed by atoms with Gasteiger partial charge >= 0.3 is 0 Å². The summed E-state index contributed by atoms with van der Waals surface area (Å²) in [4.78, 5) is -0.591. The highest BCUT2D eigenvalue weighted by Gasteiger charge is 2.19. The molecule has 0 aliphatic rings. The summed E-state index contributed by atoms with van der Waals surface area (Å²) in [6.07, 6.45) is 0. The van der Waals surface area contributed by atoms with E-state index in [1.165, 1.54) is 6.07 Å². The lowest BCUT2D eigenvalue weighted by Crippen LogP contribution is -2.19. The standard InChI is InChI=1S/C8H10N2O4S2/c1-4-2-5(10-8(9)15)7(11)6(3-4)16(12,13)14/h2-3,11H,1H3,(H3,9,10,15)(H,12,13,14). The smallest absolute Gasteiger partial charge is 0.298 e. The first-order valence-electron chi connectivity index (χ1n) is 4.09. The molecule has 16 heavy (non-hydrogen) atoms. The number of nitrogens with two attached hydrogens (primary N) is 1. The second kappa shape index (κ2) is 4.24. The predicted octanol–water partition coefficient (Wildman–Crippen LogP) is 0.603. The van der Waals surface area contributed by atoms with Gasteiger partial charge < -0.3 is 16.2 Å². The van der Waals surface area contributed by atoms with Crippen LogP contribution >= 0.6 is 12.2 Å². The third kappa shape index (κ3) is 2.81. The van der Waals surface area contributed by atoms with E-state index in [0.29, 0.717) is 5.56 Å². The quantitative estimate of drug-likeness (QED) is 0.351. The van der Waals surface area contributed by atoms with Gasteiger partial charge in [0.05, 0.1) is 5.69 Å². The van der Waals surface area contributed by atoms with Crippen molar-refractivity contribution in [3.8, 4) is 5.75 Å². The number of hydrogen-bond donors (Lipinski definition) is 4. The molecule has 0 bridgehead atoms. The second-order valence-electron chi connectivity index (χ2n) is 3.12. The fourth-order valence-electron chi connectivity index (χ4n) is 1.17. The highest BCUT2D eigenvalue weighted by molar-refractivity contribution is 7.86. The number of aromatic hydroxyl groups is 1. The van der Waals surface area contributed by atoms with Crippen LogP contribution < -0.4 is 11.1 Å². The molecule has 0 heterocycles. The van der Waals surface area contributed by atoms with Crippen molar-refractivity contribution in [3.63, 3.8) is 0 Å². The van der Waals surface area contributed by atoms with E-state index in [1.807, 2.05) is 0 Å². The van der Waals surface area contributed by atoms with Gasteiger partial charge in [0.15, 0.2) is 10.9 Å². The molecule has 0 unspecified atom stereocenters. The minimum atomic E-state index is -4.49. The van der Waals surface area contributed by atoms with Crippen molar-refractivity contribution < 1.29 is 18.1 Å². The molecule has 0 saturated carbocycles. The summed E-state index contributed by atoms with van der Waals surface area (Å²) in [6.45, 7) is 1.60. The predicted molar refractivity (Wildman–Crippen MR) is 63.1 cm³/mol. The van der Waals surface area contributed by atoms with Crippen molar-refractivity contribution in [2.45, 2.75) is 11.8 Å². The molecule has 1 aromatic carbocycles. The minimum absolute atomic E-state index is 0.0279. The second-order valence-corrected chi connectivity index (χ2v) is 4.95. The maximum absolute atomic E-state index is 10.9. The molecule has 0 saturated heterocycles. The molecule has 0 radical (unpaired) electrons. The molecule has 0 aliphatic carbocycles. The van der Waals surface area contributed by atoms with E-state index in [-0.39, 0.29) is 10.8 Å². The highest BCUT2D eigenvalue weighted by atomic mass is 32.2. The zero-order valence-electron chi connectivity index (χ0n) is 8.26. The normalized spacial score (nSPS) is 11.1. The van der Waals surface area contributed by atoms with Crippen LogP contribution in [0.1, 0.15) is 5.56 Å². The Bertz CT molecular complexity index is 539. The van der Waals surface area contributed by atoms with Crippen LogP contribution in [0, 0.1) is 6.92 Å². The third-order valence-corrected chi connectivity index (χ3v) is 2.72. The number of phenols is 1. The van der Waals surface area contributed by atoms with Crippen LogP contribution in [0.4, 0.5) is 5.69 Å². The summed E-state index contributed by atoms with van der Waals surface area (Å²) < 4.78 is 30.8. The molecule has 88 valence electrons. The molecule has 8 heteroatoms. The largest absolute Gasteiger partial charge is 0.504 e. The van der Waals surface area contributed by atoms with Crippen molar-refractivity contribution in [3.05, 3.63) is 17.7 Å². The zero-order valence-corrected chi connectivity index (χ0v) is 9.89. The van der Waals surface area contributed by atoms with Gasteiger partial charge in [0.1, 0.15) is 4.90 Å². The van der Waals surface area contributed by atoms with Gasteiger partial charge in [0.25, 0.3) is 10.1 Å². The van der Waals surface area contributed by atoms with E-state index < -0.39 is 20.8 Å². The third-order valence-electron chi connectivity index (χ3n) is 1.76. The van der Waals surface area contributed by atoms with Crippen LogP contribution in [-0.2, 0) is 10.1 Å². The first-order chi connectivity index (χ1) is 7.21. The average molecular weight is 262 g/mol. The van der Waals surface area contributed by atoms with Gasteiger partial charge in [-0.15, -0.1) is 0 Å². The fourth-order valence-corrected chi connectivity index (χ4v) is 1.97. The van der Waals surface area contributed by atoms with Crippen molar-refractivity contribution in [2.24, 2.45) is 5.73 Å². The van der Waals surface area contributed by atoms with Crippen molar-refractivity contribution in [1.82, 2.24) is 0 Å². The lowest BCUT2D eigenvalue weighted by Gasteiger charge is -2.10. The number of benzene rings is 1. The van der Waals surface area contributed by atoms with E-state index in [9.17, 15) is 13.5 Å². The van der Waals surface area contributed by atoms with Crippen LogP contribution in [0.15, 0.2) is 17.0 Å². The Morgan fingerprint density at radius 3 is 2.50 bits per heavy atom. The van der Waals surface area contributed by atoms with Crippen LogP contribution in [0.5, 0.6) is 5.75 Å². The Kier molecular flexibility index (Phi) is 3.36. The van der Waals surface area contributed by atoms with Crippen molar-refractivity contribution >= 4 is 33.1 Å². The molecule has 0 amide bonds. The Morgan fingerprint density at radius 2 is 2.06 bits per heavy atom. The van der Waals surface area contributed by atoms with Gasteiger partial charge in [0.2, 0.25) is 0 Å². The number of aryl methyl sites for hydroxylation is 1. The molecule has 5 N–H and O–H groups in total.